The van der Waals surface area contributed by atoms with Crippen molar-refractivity contribution < 1.29 is 14.3 Å². The minimum atomic E-state index is -0.544. The molecule has 0 saturated heterocycles. The van der Waals surface area contributed by atoms with Crippen molar-refractivity contribution >= 4 is 40.7 Å². The van der Waals surface area contributed by atoms with E-state index in [0.717, 1.165) is 11.1 Å². The van der Waals surface area contributed by atoms with Crippen molar-refractivity contribution in [1.29, 1.82) is 0 Å². The van der Waals surface area contributed by atoms with Crippen LogP contribution in [0.4, 0.5) is 0 Å². The molecule has 0 saturated carbocycles. The van der Waals surface area contributed by atoms with Gasteiger partial charge >= 0.3 is 0 Å². The maximum absolute atomic E-state index is 12.9. The van der Waals surface area contributed by atoms with Gasteiger partial charge in [0.2, 0.25) is 5.91 Å². The molecule has 0 fully saturated rings. The largest absolute Gasteiger partial charge is 0.482 e. The second-order valence-corrected chi connectivity index (χ2v) is 7.28. The Kier molecular flexibility index (Phi) is 7.98. The highest BCUT2D eigenvalue weighted by atomic mass is 35.5. The van der Waals surface area contributed by atoms with Gasteiger partial charge in [-0.3, -0.25) is 25.8 Å². The summed E-state index contributed by atoms with van der Waals surface area (Å²) in [4.78, 5) is 24.9. The lowest BCUT2D eigenvalue weighted by atomic mass is 9.91. The summed E-state index contributed by atoms with van der Waals surface area (Å²) in [6, 6.07) is 25.6. The molecule has 0 bridgehead atoms. The molecule has 8 heteroatoms. The number of hydrogen-bond donors (Lipinski definition) is 3. The molecule has 6 nitrogen and oxygen atoms in total. The standard InChI is InChI=1S/C23H20ClN3O3S/c24-18-13-7-8-14-19(18)30-15-20(28)25-23(31)27-26-22(29)21(16-9-3-1-4-10-16)17-11-5-2-6-12-17/h1-14,21H,15H2,(H,26,29)(H2,25,27,28,31). The number of para-hydroxylation sites is 1. The van der Waals surface area contributed by atoms with Crippen LogP contribution in [0.1, 0.15) is 17.0 Å². The zero-order valence-corrected chi connectivity index (χ0v) is 18.0. The number of halogens is 1. The lowest BCUT2D eigenvalue weighted by molar-refractivity contribution is -0.123. The Morgan fingerprint density at radius 2 is 1.39 bits per heavy atom. The second-order valence-electron chi connectivity index (χ2n) is 6.47. The van der Waals surface area contributed by atoms with Gasteiger partial charge in [0.25, 0.3) is 5.91 Å². The van der Waals surface area contributed by atoms with Crippen LogP contribution < -0.4 is 20.9 Å². The van der Waals surface area contributed by atoms with Crippen LogP contribution in [0.25, 0.3) is 0 Å². The molecule has 0 aromatic heterocycles. The van der Waals surface area contributed by atoms with Gasteiger partial charge in [0, 0.05) is 0 Å². The summed E-state index contributed by atoms with van der Waals surface area (Å²) < 4.78 is 5.36. The molecule has 0 atom stereocenters. The first kappa shape index (κ1) is 22.3. The summed E-state index contributed by atoms with van der Waals surface area (Å²) in [6.07, 6.45) is 0. The van der Waals surface area contributed by atoms with E-state index in [9.17, 15) is 9.59 Å². The lowest BCUT2D eigenvalue weighted by Gasteiger charge is -2.19. The minimum absolute atomic E-state index is 0.0546. The normalized spacial score (nSPS) is 10.3. The van der Waals surface area contributed by atoms with Gasteiger partial charge in [0.05, 0.1) is 10.9 Å². The van der Waals surface area contributed by atoms with Crippen molar-refractivity contribution in [1.82, 2.24) is 16.2 Å². The number of carbonyl (C=O) groups excluding carboxylic acids is 2. The molecular weight excluding hydrogens is 434 g/mol. The van der Waals surface area contributed by atoms with Crippen molar-refractivity contribution in [2.45, 2.75) is 5.92 Å². The van der Waals surface area contributed by atoms with Gasteiger partial charge in [-0.05, 0) is 35.5 Å². The maximum atomic E-state index is 12.9. The summed E-state index contributed by atoms with van der Waals surface area (Å²) in [6.45, 7) is -0.282. The van der Waals surface area contributed by atoms with Crippen molar-refractivity contribution in [3.05, 3.63) is 101 Å². The van der Waals surface area contributed by atoms with Crippen LogP contribution in [0.15, 0.2) is 84.9 Å². The molecular formula is C23H20ClN3O3S. The van der Waals surface area contributed by atoms with E-state index in [1.165, 1.54) is 0 Å². The number of benzene rings is 3. The third kappa shape index (κ3) is 6.53. The molecule has 3 aromatic rings. The number of hydrazine groups is 1. The molecule has 0 spiro atoms. The number of carbonyl (C=O) groups is 2. The molecule has 0 aliphatic rings. The molecule has 0 heterocycles. The number of hydrogen-bond acceptors (Lipinski definition) is 4. The highest BCUT2D eigenvalue weighted by molar-refractivity contribution is 7.80. The number of thiocarbonyl (C=S) groups is 1. The lowest BCUT2D eigenvalue weighted by Crippen LogP contribution is -2.50. The zero-order valence-electron chi connectivity index (χ0n) is 16.4. The fraction of sp³-hybridized carbons (Fsp3) is 0.0870. The van der Waals surface area contributed by atoms with Crippen LogP contribution in [0.3, 0.4) is 0 Å². The van der Waals surface area contributed by atoms with E-state index >= 15 is 0 Å². The Bertz CT molecular complexity index is 1010. The SMILES string of the molecule is O=C(COc1ccccc1Cl)NC(=S)NNC(=O)C(c1ccccc1)c1ccccc1. The van der Waals surface area contributed by atoms with Crippen LogP contribution in [0.5, 0.6) is 5.75 Å². The molecule has 158 valence electrons. The number of nitrogens with one attached hydrogen (secondary N) is 3. The molecule has 3 N–H and O–H groups in total. The van der Waals surface area contributed by atoms with Crippen molar-refractivity contribution in [3.8, 4) is 5.75 Å². The third-order valence-electron chi connectivity index (χ3n) is 4.28. The van der Waals surface area contributed by atoms with E-state index in [0.29, 0.717) is 10.8 Å². The molecule has 3 rings (SSSR count). The van der Waals surface area contributed by atoms with Gasteiger partial charge in [-0.1, -0.05) is 84.4 Å². The molecule has 31 heavy (non-hydrogen) atoms. The summed E-state index contributed by atoms with van der Waals surface area (Å²) in [5, 5.41) is 2.79. The summed E-state index contributed by atoms with van der Waals surface area (Å²) in [5.74, 6) is -0.965. The average Bonchev–Trinajstić information content (AvgIpc) is 2.79. The molecule has 3 aromatic carbocycles. The summed E-state index contributed by atoms with van der Waals surface area (Å²) in [7, 11) is 0. The van der Waals surface area contributed by atoms with Crippen LogP contribution in [0.2, 0.25) is 5.02 Å². The number of ether oxygens (including phenoxy) is 1. The first-order valence-electron chi connectivity index (χ1n) is 9.41. The number of rotatable bonds is 6. The zero-order chi connectivity index (χ0) is 22.1. The van der Waals surface area contributed by atoms with Crippen molar-refractivity contribution in [2.75, 3.05) is 6.61 Å². The Labute approximate surface area is 190 Å². The monoisotopic (exact) mass is 453 g/mol. The quantitative estimate of drug-likeness (QED) is 0.393. The van der Waals surface area contributed by atoms with Gasteiger partial charge in [0.15, 0.2) is 11.7 Å². The van der Waals surface area contributed by atoms with Gasteiger partial charge in [-0.25, -0.2) is 0 Å². The van der Waals surface area contributed by atoms with Gasteiger partial charge in [-0.2, -0.15) is 0 Å². The van der Waals surface area contributed by atoms with Crippen molar-refractivity contribution in [2.24, 2.45) is 0 Å². The third-order valence-corrected chi connectivity index (χ3v) is 4.79. The van der Waals surface area contributed by atoms with E-state index in [1.54, 1.807) is 24.3 Å². The Hall–Kier alpha value is -3.42. The molecule has 0 unspecified atom stereocenters. The van der Waals surface area contributed by atoms with Crippen LogP contribution in [-0.4, -0.2) is 23.5 Å². The highest BCUT2D eigenvalue weighted by Crippen LogP contribution is 2.24. The fourth-order valence-corrected chi connectivity index (χ4v) is 3.23. The van der Waals surface area contributed by atoms with E-state index in [-0.39, 0.29) is 17.6 Å². The van der Waals surface area contributed by atoms with Crippen molar-refractivity contribution in [3.63, 3.8) is 0 Å². The van der Waals surface area contributed by atoms with Gasteiger partial charge in [0.1, 0.15) is 5.75 Å². The maximum Gasteiger partial charge on any atom is 0.264 e. The van der Waals surface area contributed by atoms with Crippen LogP contribution in [-0.2, 0) is 9.59 Å². The highest BCUT2D eigenvalue weighted by Gasteiger charge is 2.22. The Balaban J connectivity index is 1.55. The average molecular weight is 454 g/mol. The summed E-state index contributed by atoms with van der Waals surface area (Å²) in [5.41, 5.74) is 6.78. The van der Waals surface area contributed by atoms with E-state index < -0.39 is 11.8 Å². The second kappa shape index (κ2) is 11.1. The Morgan fingerprint density at radius 1 is 0.839 bits per heavy atom. The van der Waals surface area contributed by atoms with Crippen LogP contribution in [0, 0.1) is 0 Å². The Morgan fingerprint density at radius 3 is 1.97 bits per heavy atom. The number of amides is 2. The van der Waals surface area contributed by atoms with E-state index in [2.05, 4.69) is 16.2 Å². The predicted octanol–water partition coefficient (Wildman–Crippen LogP) is 3.57. The van der Waals surface area contributed by atoms with E-state index in [1.807, 2.05) is 60.7 Å². The first-order valence-corrected chi connectivity index (χ1v) is 10.2. The van der Waals surface area contributed by atoms with Gasteiger partial charge < -0.3 is 4.74 Å². The smallest absolute Gasteiger partial charge is 0.264 e. The summed E-state index contributed by atoms with van der Waals surface area (Å²) >= 11 is 11.1. The van der Waals surface area contributed by atoms with Crippen LogP contribution >= 0.6 is 23.8 Å². The molecule has 2 amide bonds. The molecule has 0 aliphatic heterocycles. The topological polar surface area (TPSA) is 79.5 Å². The van der Waals surface area contributed by atoms with Gasteiger partial charge in [-0.15, -0.1) is 0 Å². The fourth-order valence-electron chi connectivity index (χ4n) is 2.88. The van der Waals surface area contributed by atoms with E-state index in [4.69, 9.17) is 28.6 Å². The first-order chi connectivity index (χ1) is 15.0. The molecule has 0 radical (unpaired) electrons. The molecule has 0 aliphatic carbocycles. The predicted molar refractivity (Wildman–Crippen MR) is 124 cm³/mol. The minimum Gasteiger partial charge on any atom is -0.482 e.